The van der Waals surface area contributed by atoms with Crippen molar-refractivity contribution in [3.05, 3.63) is 0 Å². The summed E-state index contributed by atoms with van der Waals surface area (Å²) in [6.45, 7) is -1.12. The molecule has 5 atom stereocenters. The topological polar surface area (TPSA) is 239 Å². The summed E-state index contributed by atoms with van der Waals surface area (Å²) in [5.74, 6) is 0. The van der Waals surface area contributed by atoms with Crippen LogP contribution >= 0.6 is 23.5 Å². The Morgan fingerprint density at radius 2 is 1.40 bits per heavy atom. The van der Waals surface area contributed by atoms with Crippen LogP contribution in [0.3, 0.4) is 0 Å². The lowest BCUT2D eigenvalue weighted by atomic mass is 10.1. The Balaban J connectivity index is 3.22. The predicted molar refractivity (Wildman–Crippen MR) is 73.5 cm³/mol. The lowest BCUT2D eigenvalue weighted by molar-refractivity contribution is -0.163. The zero-order valence-electron chi connectivity index (χ0n) is 12.3. The molecule has 0 unspecified atom stereocenters. The summed E-state index contributed by atoms with van der Waals surface area (Å²) in [6, 6.07) is 0. The van der Waals surface area contributed by atoms with Crippen molar-refractivity contribution in [2.75, 3.05) is 13.7 Å². The van der Waals surface area contributed by atoms with Gasteiger partial charge in [0.15, 0.2) is 6.29 Å². The van der Waals surface area contributed by atoms with Crippen LogP contribution in [0.4, 0.5) is 0 Å². The highest BCUT2D eigenvalue weighted by Crippen LogP contribution is 2.49. The van der Waals surface area contributed by atoms with Gasteiger partial charge in [0, 0.05) is 7.11 Å². The molecule has 7 N–H and O–H groups in total. The van der Waals surface area contributed by atoms with E-state index in [0.29, 0.717) is 0 Å². The SMILES string of the molecule is CO[C@H]1O[C@H]([C@@H](CO)OP(=O)(O)O)[C@H](OP(=O)(O)O)[C@@H]1OP(=O)(O)O. The van der Waals surface area contributed by atoms with E-state index in [1.165, 1.54) is 0 Å². The highest BCUT2D eigenvalue weighted by atomic mass is 31.2. The Morgan fingerprint density at radius 1 is 0.920 bits per heavy atom. The first-order valence-electron chi connectivity index (χ1n) is 6.18. The number of phosphoric acid groups is 3. The van der Waals surface area contributed by atoms with E-state index in [1.54, 1.807) is 0 Å². The van der Waals surface area contributed by atoms with Gasteiger partial charge < -0.3 is 43.9 Å². The smallest absolute Gasteiger partial charge is 0.394 e. The second-order valence-corrected chi connectivity index (χ2v) is 8.22. The van der Waals surface area contributed by atoms with Gasteiger partial charge in [-0.15, -0.1) is 0 Å². The van der Waals surface area contributed by atoms with Crippen molar-refractivity contribution in [2.45, 2.75) is 30.7 Å². The number of phosphoric ester groups is 3. The molecule has 0 aliphatic carbocycles. The minimum atomic E-state index is -5.29. The number of aliphatic hydroxyl groups excluding tert-OH is 1. The number of ether oxygens (including phenoxy) is 2. The first-order valence-corrected chi connectivity index (χ1v) is 10.8. The molecule has 1 rings (SSSR count). The normalized spacial score (nSPS) is 29.8. The number of methoxy groups -OCH3 is 1. The maximum absolute atomic E-state index is 11.1. The number of hydrogen-bond acceptors (Lipinski definition) is 9. The van der Waals surface area contributed by atoms with E-state index in [2.05, 4.69) is 13.6 Å². The molecular formula is C7H17O15P3. The van der Waals surface area contributed by atoms with E-state index < -0.39 is 60.8 Å². The molecule has 0 amide bonds. The Hall–Kier alpha value is 0.210. The van der Waals surface area contributed by atoms with Crippen molar-refractivity contribution in [2.24, 2.45) is 0 Å². The zero-order valence-corrected chi connectivity index (χ0v) is 15.0. The molecule has 0 bridgehead atoms. The van der Waals surface area contributed by atoms with Crippen LogP contribution in [0.5, 0.6) is 0 Å². The third-order valence-corrected chi connectivity index (χ3v) is 4.36. The zero-order chi connectivity index (χ0) is 19.6. The number of hydrogen-bond donors (Lipinski definition) is 7. The molecule has 0 radical (unpaired) electrons. The molecule has 18 heteroatoms. The van der Waals surface area contributed by atoms with Gasteiger partial charge >= 0.3 is 23.5 Å². The minimum Gasteiger partial charge on any atom is -0.394 e. The fourth-order valence-electron chi connectivity index (χ4n) is 2.06. The Labute approximate surface area is 140 Å². The molecular weight excluding hydrogens is 417 g/mol. The van der Waals surface area contributed by atoms with Gasteiger partial charge in [0.1, 0.15) is 24.4 Å². The van der Waals surface area contributed by atoms with E-state index in [1.807, 2.05) is 0 Å². The van der Waals surface area contributed by atoms with Crippen LogP contribution in [0.15, 0.2) is 0 Å². The molecule has 0 aromatic heterocycles. The maximum Gasteiger partial charge on any atom is 0.470 e. The minimum absolute atomic E-state index is 0.982. The molecule has 25 heavy (non-hydrogen) atoms. The Kier molecular flexibility index (Phi) is 7.89. The summed E-state index contributed by atoms with van der Waals surface area (Å²) in [6.07, 6.45) is -9.37. The highest BCUT2D eigenvalue weighted by Gasteiger charge is 2.55. The average molecular weight is 434 g/mol. The highest BCUT2D eigenvalue weighted by molar-refractivity contribution is 7.46. The molecule has 0 spiro atoms. The second-order valence-electron chi connectivity index (χ2n) is 4.64. The largest absolute Gasteiger partial charge is 0.470 e. The molecule has 0 aromatic carbocycles. The molecule has 1 heterocycles. The average Bonchev–Trinajstić information content (AvgIpc) is 2.69. The van der Waals surface area contributed by atoms with Crippen LogP contribution in [0.25, 0.3) is 0 Å². The molecule has 1 saturated heterocycles. The first-order chi connectivity index (χ1) is 11.2. The van der Waals surface area contributed by atoms with Crippen molar-refractivity contribution in [3.63, 3.8) is 0 Å². The molecule has 1 aliphatic rings. The fraction of sp³-hybridized carbons (Fsp3) is 1.00. The van der Waals surface area contributed by atoms with Crippen LogP contribution in [-0.4, -0.2) is 78.9 Å². The fourth-order valence-corrected chi connectivity index (χ4v) is 3.69. The first kappa shape index (κ1) is 23.2. The second kappa shape index (κ2) is 8.48. The standard InChI is InChI=1S/C7H17O15P3/c1-18-7-6(22-25(15,16)17)5(21-24(12,13)14)4(19-7)3(2-8)20-23(9,10)11/h3-8H,2H2,1H3,(H2,9,10,11)(H2,12,13,14)(H2,15,16,17)/t3-,4-,5+,6+,7+/m1/s1. The van der Waals surface area contributed by atoms with Crippen molar-refractivity contribution in [3.8, 4) is 0 Å². The van der Waals surface area contributed by atoms with Gasteiger partial charge in [0.2, 0.25) is 0 Å². The van der Waals surface area contributed by atoms with Gasteiger partial charge in [0.25, 0.3) is 0 Å². The lowest BCUT2D eigenvalue weighted by Crippen LogP contribution is -2.43. The van der Waals surface area contributed by atoms with E-state index >= 15 is 0 Å². The van der Waals surface area contributed by atoms with Crippen molar-refractivity contribution in [1.29, 1.82) is 0 Å². The summed E-state index contributed by atoms with van der Waals surface area (Å²) in [4.78, 5) is 53.3. The summed E-state index contributed by atoms with van der Waals surface area (Å²) in [5, 5.41) is 9.21. The van der Waals surface area contributed by atoms with E-state index in [0.717, 1.165) is 7.11 Å². The van der Waals surface area contributed by atoms with Crippen LogP contribution in [0.2, 0.25) is 0 Å². The van der Waals surface area contributed by atoms with Gasteiger partial charge in [-0.05, 0) is 0 Å². The Morgan fingerprint density at radius 3 is 1.76 bits per heavy atom. The van der Waals surface area contributed by atoms with Crippen molar-refractivity contribution >= 4 is 23.5 Å². The van der Waals surface area contributed by atoms with Crippen molar-refractivity contribution < 1.29 is 71.2 Å². The van der Waals surface area contributed by atoms with Crippen molar-refractivity contribution in [1.82, 2.24) is 0 Å². The molecule has 150 valence electrons. The van der Waals surface area contributed by atoms with E-state index in [4.69, 9.17) is 38.8 Å². The van der Waals surface area contributed by atoms with E-state index in [-0.39, 0.29) is 0 Å². The molecule has 1 aliphatic heterocycles. The predicted octanol–water partition coefficient (Wildman–Crippen LogP) is -2.22. The maximum atomic E-state index is 11.1. The van der Waals surface area contributed by atoms with Gasteiger partial charge in [0.05, 0.1) is 6.61 Å². The van der Waals surface area contributed by atoms with Gasteiger partial charge in [-0.25, -0.2) is 13.7 Å². The third-order valence-electron chi connectivity index (χ3n) is 2.78. The van der Waals surface area contributed by atoms with Crippen LogP contribution in [0, 0.1) is 0 Å². The van der Waals surface area contributed by atoms with Crippen LogP contribution < -0.4 is 0 Å². The number of aliphatic hydroxyl groups is 1. The lowest BCUT2D eigenvalue weighted by Gasteiger charge is -2.27. The van der Waals surface area contributed by atoms with Crippen LogP contribution in [-0.2, 0) is 36.7 Å². The molecule has 15 nitrogen and oxygen atoms in total. The summed E-state index contributed by atoms with van der Waals surface area (Å²) in [7, 11) is -14.7. The summed E-state index contributed by atoms with van der Waals surface area (Å²) in [5.41, 5.74) is 0. The summed E-state index contributed by atoms with van der Waals surface area (Å²) >= 11 is 0. The molecule has 0 saturated carbocycles. The van der Waals surface area contributed by atoms with Gasteiger partial charge in [-0.2, -0.15) is 0 Å². The monoisotopic (exact) mass is 434 g/mol. The third kappa shape index (κ3) is 7.77. The number of rotatable bonds is 9. The Bertz CT molecular complexity index is 576. The molecule has 0 aromatic rings. The molecule has 1 fully saturated rings. The van der Waals surface area contributed by atoms with E-state index in [9.17, 15) is 18.8 Å². The van der Waals surface area contributed by atoms with Gasteiger partial charge in [-0.1, -0.05) is 0 Å². The summed E-state index contributed by atoms with van der Waals surface area (Å²) < 4.78 is 55.8. The quantitative estimate of drug-likeness (QED) is 0.190. The van der Waals surface area contributed by atoms with Gasteiger partial charge in [-0.3, -0.25) is 13.6 Å². The van der Waals surface area contributed by atoms with Crippen LogP contribution in [0.1, 0.15) is 0 Å².